The third-order valence-electron chi connectivity index (χ3n) is 2.98. The lowest BCUT2D eigenvalue weighted by molar-refractivity contribution is 0.0969. The molecule has 1 heterocycles. The van der Waals surface area contributed by atoms with Crippen molar-refractivity contribution in [1.29, 1.82) is 0 Å². The Morgan fingerprint density at radius 1 is 1.17 bits per heavy atom. The van der Waals surface area contributed by atoms with Gasteiger partial charge in [0.25, 0.3) is 5.89 Å². The third-order valence-corrected chi connectivity index (χ3v) is 3.65. The normalized spacial score (nSPS) is 11.0. The standard InChI is InChI=1S/C14H7F3IN3O2/c15-6-3-5(18)1-2-7(6)20-8-4-9-12(11(17)10(8)16)21-14(23-9)13(19)22/h1-4,20H,(H2,19,22). The molecule has 0 saturated heterocycles. The monoisotopic (exact) mass is 433 g/mol. The van der Waals surface area contributed by atoms with E-state index < -0.39 is 34.8 Å². The molecule has 23 heavy (non-hydrogen) atoms. The van der Waals surface area contributed by atoms with Crippen LogP contribution < -0.4 is 11.1 Å². The number of nitrogens with zero attached hydrogens (tertiary/aromatic N) is 1. The Bertz CT molecular complexity index is 943. The first-order chi connectivity index (χ1) is 10.9. The minimum atomic E-state index is -1.33. The highest BCUT2D eigenvalue weighted by molar-refractivity contribution is 14.1. The van der Waals surface area contributed by atoms with E-state index in [-0.39, 0.29) is 17.0 Å². The predicted octanol–water partition coefficient (Wildman–Crippen LogP) is 3.69. The Balaban J connectivity index is 2.10. The molecular weight excluding hydrogens is 426 g/mol. The second-order valence-corrected chi connectivity index (χ2v) is 5.78. The second-order valence-electron chi connectivity index (χ2n) is 4.53. The number of carbonyl (C=O) groups excluding carboxylic acids is 1. The first-order valence-electron chi connectivity index (χ1n) is 6.17. The zero-order valence-electron chi connectivity index (χ0n) is 11.2. The Morgan fingerprint density at radius 2 is 1.91 bits per heavy atom. The number of halogens is 4. The molecule has 5 nitrogen and oxygen atoms in total. The van der Waals surface area contributed by atoms with Gasteiger partial charge in [-0.05, 0) is 40.8 Å². The molecule has 0 radical (unpaired) electrons. The van der Waals surface area contributed by atoms with Gasteiger partial charge in [0.05, 0.1) is 11.4 Å². The Labute approximate surface area is 140 Å². The molecule has 0 fully saturated rings. The molecule has 3 aromatic rings. The van der Waals surface area contributed by atoms with E-state index in [1.54, 1.807) is 6.07 Å². The molecule has 3 rings (SSSR count). The summed E-state index contributed by atoms with van der Waals surface area (Å²) < 4.78 is 47.5. The molecule has 0 aliphatic rings. The van der Waals surface area contributed by atoms with Crippen molar-refractivity contribution < 1.29 is 22.4 Å². The quantitative estimate of drug-likeness (QED) is 0.618. The number of carbonyl (C=O) groups is 1. The van der Waals surface area contributed by atoms with Crippen molar-refractivity contribution in [3.63, 3.8) is 0 Å². The van der Waals surface area contributed by atoms with E-state index in [0.29, 0.717) is 3.57 Å². The van der Waals surface area contributed by atoms with Crippen LogP contribution in [-0.2, 0) is 0 Å². The van der Waals surface area contributed by atoms with Crippen LogP contribution in [0, 0.1) is 21.0 Å². The van der Waals surface area contributed by atoms with E-state index in [9.17, 15) is 18.0 Å². The van der Waals surface area contributed by atoms with Gasteiger partial charge < -0.3 is 15.5 Å². The van der Waals surface area contributed by atoms with E-state index >= 15 is 0 Å². The van der Waals surface area contributed by atoms with Crippen molar-refractivity contribution in [2.24, 2.45) is 5.73 Å². The van der Waals surface area contributed by atoms with Crippen molar-refractivity contribution in [1.82, 2.24) is 4.98 Å². The first-order valence-corrected chi connectivity index (χ1v) is 7.25. The number of hydrogen-bond donors (Lipinski definition) is 2. The van der Waals surface area contributed by atoms with Crippen LogP contribution in [0.1, 0.15) is 10.7 Å². The molecule has 118 valence electrons. The highest BCUT2D eigenvalue weighted by Crippen LogP contribution is 2.30. The summed E-state index contributed by atoms with van der Waals surface area (Å²) in [4.78, 5) is 14.5. The molecule has 9 heteroatoms. The minimum absolute atomic E-state index is 0.0438. The molecule has 1 aromatic heterocycles. The van der Waals surface area contributed by atoms with Crippen LogP contribution in [0.3, 0.4) is 0 Å². The van der Waals surface area contributed by atoms with Crippen molar-refractivity contribution in [3.05, 3.63) is 51.2 Å². The lowest BCUT2D eigenvalue weighted by Crippen LogP contribution is -2.10. The van der Waals surface area contributed by atoms with Crippen LogP contribution in [0.2, 0.25) is 0 Å². The number of rotatable bonds is 3. The van der Waals surface area contributed by atoms with Crippen LogP contribution in [0.5, 0.6) is 0 Å². The summed E-state index contributed by atoms with van der Waals surface area (Å²) in [5.74, 6) is -4.80. The summed E-state index contributed by atoms with van der Waals surface area (Å²) >= 11 is 1.92. The van der Waals surface area contributed by atoms with Gasteiger partial charge in [-0.15, -0.1) is 0 Å². The second kappa shape index (κ2) is 5.72. The number of nitrogens with two attached hydrogens (primary N) is 1. The highest BCUT2D eigenvalue weighted by atomic mass is 127. The summed E-state index contributed by atoms with van der Waals surface area (Å²) in [6, 6.07) is 5.28. The Morgan fingerprint density at radius 3 is 2.57 bits per heavy atom. The van der Waals surface area contributed by atoms with E-state index in [1.165, 1.54) is 12.1 Å². The molecule has 0 unspecified atom stereocenters. The summed E-state index contributed by atoms with van der Waals surface area (Å²) in [5.41, 5.74) is 3.92. The number of benzene rings is 2. The number of oxazole rings is 1. The maximum atomic E-state index is 14.1. The van der Waals surface area contributed by atoms with Crippen LogP contribution >= 0.6 is 22.6 Å². The molecule has 0 aliphatic carbocycles. The van der Waals surface area contributed by atoms with E-state index in [4.69, 9.17) is 10.2 Å². The van der Waals surface area contributed by atoms with Crippen LogP contribution in [0.25, 0.3) is 11.1 Å². The first kappa shape index (κ1) is 15.6. The van der Waals surface area contributed by atoms with Crippen LogP contribution in [0.15, 0.2) is 28.7 Å². The summed E-state index contributed by atoms with van der Waals surface area (Å²) in [5, 5.41) is 2.44. The molecule has 0 aliphatic heterocycles. The molecule has 0 bridgehead atoms. The topological polar surface area (TPSA) is 81.2 Å². The SMILES string of the molecule is NC(=O)c1nc2c(F)c(F)c(Nc3ccc(I)cc3F)cc2o1. The lowest BCUT2D eigenvalue weighted by atomic mass is 10.2. The van der Waals surface area contributed by atoms with Gasteiger partial charge in [-0.25, -0.2) is 18.2 Å². The van der Waals surface area contributed by atoms with E-state index in [1.807, 2.05) is 22.6 Å². The van der Waals surface area contributed by atoms with Gasteiger partial charge in [0.15, 0.2) is 17.2 Å². The smallest absolute Gasteiger partial charge is 0.304 e. The van der Waals surface area contributed by atoms with Gasteiger partial charge in [0.1, 0.15) is 11.3 Å². The van der Waals surface area contributed by atoms with Crippen molar-refractivity contribution in [2.45, 2.75) is 0 Å². The number of primary amides is 1. The number of hydrogen-bond acceptors (Lipinski definition) is 4. The van der Waals surface area contributed by atoms with Gasteiger partial charge >= 0.3 is 5.91 Å². The molecule has 0 spiro atoms. The van der Waals surface area contributed by atoms with Gasteiger partial charge in [0, 0.05) is 9.64 Å². The number of aromatic nitrogens is 1. The molecule has 0 atom stereocenters. The van der Waals surface area contributed by atoms with Gasteiger partial charge in [-0.1, -0.05) is 0 Å². The van der Waals surface area contributed by atoms with E-state index in [2.05, 4.69) is 10.3 Å². The zero-order valence-corrected chi connectivity index (χ0v) is 13.3. The summed E-state index contributed by atoms with van der Waals surface area (Å²) in [6.07, 6.45) is 0. The van der Waals surface area contributed by atoms with Crippen LogP contribution in [-0.4, -0.2) is 10.9 Å². The van der Waals surface area contributed by atoms with Gasteiger partial charge in [-0.3, -0.25) is 4.79 Å². The molecule has 3 N–H and O–H groups in total. The van der Waals surface area contributed by atoms with Crippen LogP contribution in [0.4, 0.5) is 24.5 Å². The fourth-order valence-corrected chi connectivity index (χ4v) is 2.39. The highest BCUT2D eigenvalue weighted by Gasteiger charge is 2.21. The third kappa shape index (κ3) is 2.83. The summed E-state index contributed by atoms with van der Waals surface area (Å²) in [7, 11) is 0. The average molecular weight is 433 g/mol. The van der Waals surface area contributed by atoms with Crippen molar-refractivity contribution >= 4 is 51.0 Å². The fraction of sp³-hybridized carbons (Fsp3) is 0. The Kier molecular flexibility index (Phi) is 3.88. The number of anilines is 2. The molecular formula is C14H7F3IN3O2. The number of fused-ring (bicyclic) bond motifs is 1. The van der Waals surface area contributed by atoms with Crippen molar-refractivity contribution in [3.8, 4) is 0 Å². The fourth-order valence-electron chi connectivity index (χ4n) is 1.94. The number of nitrogens with one attached hydrogen (secondary N) is 1. The van der Waals surface area contributed by atoms with E-state index in [0.717, 1.165) is 6.07 Å². The maximum Gasteiger partial charge on any atom is 0.304 e. The predicted molar refractivity (Wildman–Crippen MR) is 84.8 cm³/mol. The minimum Gasteiger partial charge on any atom is -0.432 e. The largest absolute Gasteiger partial charge is 0.432 e. The molecule has 0 saturated carbocycles. The molecule has 2 aromatic carbocycles. The average Bonchev–Trinajstić information content (AvgIpc) is 2.91. The van der Waals surface area contributed by atoms with Gasteiger partial charge in [0.2, 0.25) is 0 Å². The van der Waals surface area contributed by atoms with Gasteiger partial charge in [-0.2, -0.15) is 0 Å². The van der Waals surface area contributed by atoms with Crippen molar-refractivity contribution in [2.75, 3.05) is 5.32 Å². The lowest BCUT2D eigenvalue weighted by Gasteiger charge is -2.09. The maximum absolute atomic E-state index is 14.1. The summed E-state index contributed by atoms with van der Waals surface area (Å²) in [6.45, 7) is 0. The zero-order chi connectivity index (χ0) is 16.7. The Hall–Kier alpha value is -2.30. The molecule has 1 amide bonds. The number of amides is 1.